The van der Waals surface area contributed by atoms with Crippen LogP contribution in [0, 0.1) is 0 Å². The summed E-state index contributed by atoms with van der Waals surface area (Å²) in [7, 11) is 0. The van der Waals surface area contributed by atoms with Gasteiger partial charge in [0.2, 0.25) is 0 Å². The molecule has 0 saturated heterocycles. The van der Waals surface area contributed by atoms with Crippen molar-refractivity contribution in [2.45, 2.75) is 50.5 Å². The van der Waals surface area contributed by atoms with E-state index in [0.717, 1.165) is 22.2 Å². The van der Waals surface area contributed by atoms with Gasteiger partial charge in [-0.3, -0.25) is 9.78 Å². The predicted molar refractivity (Wildman–Crippen MR) is 127 cm³/mol. The number of aliphatic carboxylic acids is 1. The summed E-state index contributed by atoms with van der Waals surface area (Å²) in [5, 5.41) is 13.5. The molecule has 166 valence electrons. The molecule has 1 aliphatic rings. The van der Waals surface area contributed by atoms with Crippen LogP contribution < -0.4 is 5.32 Å². The fourth-order valence-corrected chi connectivity index (χ4v) is 4.89. The quantitative estimate of drug-likeness (QED) is 0.461. The topological polar surface area (TPSA) is 79.3 Å². The largest absolute Gasteiger partial charge is 0.480 e. The minimum Gasteiger partial charge on any atom is -0.480 e. The highest BCUT2D eigenvalue weighted by Crippen LogP contribution is 2.32. The third-order valence-corrected chi connectivity index (χ3v) is 6.66. The number of carbonyl (C=O) groups is 2. The minimum atomic E-state index is -1.13. The lowest BCUT2D eigenvalue weighted by Gasteiger charge is -2.21. The highest BCUT2D eigenvalue weighted by atomic mass is 35.5. The lowest BCUT2D eigenvalue weighted by molar-refractivity contribution is -0.139. The number of carboxylic acids is 1. The van der Waals surface area contributed by atoms with Crippen LogP contribution in [0.1, 0.15) is 59.6 Å². The van der Waals surface area contributed by atoms with E-state index in [2.05, 4.69) is 11.4 Å². The van der Waals surface area contributed by atoms with Gasteiger partial charge in [-0.25, -0.2) is 4.79 Å². The van der Waals surface area contributed by atoms with E-state index in [1.54, 1.807) is 6.07 Å². The number of fused-ring (bicyclic) bond motifs is 1. The van der Waals surface area contributed by atoms with Crippen LogP contribution in [0.25, 0.3) is 10.9 Å². The highest BCUT2D eigenvalue weighted by molar-refractivity contribution is 6.39. The minimum absolute atomic E-state index is 0.0695. The van der Waals surface area contributed by atoms with Gasteiger partial charge in [0.15, 0.2) is 0 Å². The molecule has 1 unspecified atom stereocenters. The fourth-order valence-electron chi connectivity index (χ4n) is 4.32. The number of carboxylic acid groups (broad SMARTS) is 1. The number of hydrogen-bond donors (Lipinski definition) is 2. The van der Waals surface area contributed by atoms with Gasteiger partial charge >= 0.3 is 5.97 Å². The molecule has 1 aliphatic carbocycles. The lowest BCUT2D eigenvalue weighted by Crippen LogP contribution is -2.42. The Labute approximate surface area is 196 Å². The summed E-state index contributed by atoms with van der Waals surface area (Å²) in [6.45, 7) is 0. The fraction of sp³-hybridized carbons (Fsp3) is 0.320. The van der Waals surface area contributed by atoms with E-state index >= 15 is 0 Å². The van der Waals surface area contributed by atoms with Crippen LogP contribution in [-0.2, 0) is 11.2 Å². The van der Waals surface area contributed by atoms with Crippen molar-refractivity contribution in [2.24, 2.45) is 0 Å². The Morgan fingerprint density at radius 3 is 2.44 bits per heavy atom. The monoisotopic (exact) mass is 470 g/mol. The molecule has 4 rings (SSSR count). The molecule has 2 N–H and O–H groups in total. The molecule has 3 aromatic rings. The molecule has 32 heavy (non-hydrogen) atoms. The van der Waals surface area contributed by atoms with Gasteiger partial charge in [-0.05, 0) is 48.7 Å². The van der Waals surface area contributed by atoms with Crippen molar-refractivity contribution in [3.63, 3.8) is 0 Å². The number of hydrogen-bond acceptors (Lipinski definition) is 3. The van der Waals surface area contributed by atoms with Gasteiger partial charge < -0.3 is 10.4 Å². The number of aromatic nitrogens is 1. The number of carbonyl (C=O) groups excluding carboxylic acids is 1. The summed E-state index contributed by atoms with van der Waals surface area (Å²) in [4.78, 5) is 29.3. The molecule has 5 nitrogen and oxygen atoms in total. The first-order chi connectivity index (χ1) is 15.4. The van der Waals surface area contributed by atoms with Crippen molar-refractivity contribution in [2.75, 3.05) is 0 Å². The van der Waals surface area contributed by atoms with Gasteiger partial charge in [0.25, 0.3) is 5.91 Å². The van der Waals surface area contributed by atoms with Gasteiger partial charge in [0, 0.05) is 23.4 Å². The number of amides is 1. The second kappa shape index (κ2) is 9.88. The van der Waals surface area contributed by atoms with Crippen LogP contribution in [0.2, 0.25) is 10.0 Å². The maximum atomic E-state index is 12.6. The molecule has 1 saturated carbocycles. The molecule has 0 radical (unpaired) electrons. The van der Waals surface area contributed by atoms with Gasteiger partial charge in [0.05, 0.1) is 21.1 Å². The molecule has 2 aromatic carbocycles. The molecule has 0 bridgehead atoms. The van der Waals surface area contributed by atoms with Crippen molar-refractivity contribution in [1.29, 1.82) is 0 Å². The van der Waals surface area contributed by atoms with E-state index in [1.807, 2.05) is 24.3 Å². The zero-order valence-corrected chi connectivity index (χ0v) is 19.0. The summed E-state index contributed by atoms with van der Waals surface area (Å²) in [5.41, 5.74) is 2.90. The molecular formula is C25H24Cl2N2O3. The van der Waals surface area contributed by atoms with Crippen molar-refractivity contribution in [3.05, 3.63) is 75.4 Å². The summed E-state index contributed by atoms with van der Waals surface area (Å²) in [5.74, 6) is -1.23. The first-order valence-corrected chi connectivity index (χ1v) is 11.6. The van der Waals surface area contributed by atoms with Crippen LogP contribution in [0.5, 0.6) is 0 Å². The Balaban J connectivity index is 1.52. The van der Waals surface area contributed by atoms with Crippen molar-refractivity contribution in [3.8, 4) is 0 Å². The van der Waals surface area contributed by atoms with E-state index in [0.29, 0.717) is 5.92 Å². The first-order valence-electron chi connectivity index (χ1n) is 10.8. The normalized spacial score (nSPS) is 15.4. The van der Waals surface area contributed by atoms with E-state index in [9.17, 15) is 14.7 Å². The third-order valence-electron chi connectivity index (χ3n) is 6.03. The number of nitrogens with one attached hydrogen (secondary N) is 1. The molecule has 1 amide bonds. The van der Waals surface area contributed by atoms with Crippen LogP contribution in [0.15, 0.2) is 48.5 Å². The van der Waals surface area contributed by atoms with Gasteiger partial charge in [-0.2, -0.15) is 0 Å². The van der Waals surface area contributed by atoms with E-state index < -0.39 is 17.9 Å². The van der Waals surface area contributed by atoms with Crippen molar-refractivity contribution >= 4 is 46.0 Å². The molecule has 1 aromatic heterocycles. The SMILES string of the molecule is O=C(NC(Cc1ccc2nc(C3CCCCC3)ccc2c1)C(=O)O)c1c(Cl)cccc1Cl. The molecular weight excluding hydrogens is 447 g/mol. The van der Waals surface area contributed by atoms with E-state index in [4.69, 9.17) is 28.2 Å². The average molecular weight is 471 g/mol. The molecule has 0 aliphatic heterocycles. The Kier molecular flexibility index (Phi) is 6.97. The summed E-state index contributed by atoms with van der Waals surface area (Å²) < 4.78 is 0. The van der Waals surface area contributed by atoms with Crippen LogP contribution in [0.3, 0.4) is 0 Å². The number of halogens is 2. The molecule has 7 heteroatoms. The summed E-state index contributed by atoms with van der Waals surface area (Å²) >= 11 is 12.2. The smallest absolute Gasteiger partial charge is 0.326 e. The Hall–Kier alpha value is -2.63. The summed E-state index contributed by atoms with van der Waals surface area (Å²) in [6.07, 6.45) is 6.31. The van der Waals surface area contributed by atoms with Crippen molar-refractivity contribution < 1.29 is 14.7 Å². The zero-order chi connectivity index (χ0) is 22.7. The van der Waals surface area contributed by atoms with Gasteiger partial charge in [-0.1, -0.05) is 60.7 Å². The van der Waals surface area contributed by atoms with E-state index in [1.165, 1.54) is 44.2 Å². The van der Waals surface area contributed by atoms with Gasteiger partial charge in [0.1, 0.15) is 6.04 Å². The number of pyridine rings is 1. The molecule has 1 atom stereocenters. The van der Waals surface area contributed by atoms with Crippen LogP contribution in [-0.4, -0.2) is 28.0 Å². The maximum Gasteiger partial charge on any atom is 0.326 e. The third kappa shape index (κ3) is 5.05. The standard InChI is InChI=1S/C25H24Cl2N2O3/c26-18-7-4-8-19(27)23(18)24(30)29-22(25(31)32)14-15-9-11-21-17(13-15)10-12-20(28-21)16-5-2-1-3-6-16/h4,7-13,16,22H,1-3,5-6,14H2,(H,29,30)(H,31,32). The maximum absolute atomic E-state index is 12.6. The second-order valence-corrected chi connectivity index (χ2v) is 9.08. The average Bonchev–Trinajstić information content (AvgIpc) is 2.78. The predicted octanol–water partition coefficient (Wildman–Crippen LogP) is 6.02. The number of nitrogens with zero attached hydrogens (tertiary/aromatic N) is 1. The number of benzene rings is 2. The van der Waals surface area contributed by atoms with Crippen LogP contribution in [0.4, 0.5) is 0 Å². The Morgan fingerprint density at radius 2 is 1.75 bits per heavy atom. The summed E-state index contributed by atoms with van der Waals surface area (Å²) in [6, 6.07) is 13.4. The van der Waals surface area contributed by atoms with Crippen LogP contribution >= 0.6 is 23.2 Å². The van der Waals surface area contributed by atoms with Gasteiger partial charge in [-0.15, -0.1) is 0 Å². The van der Waals surface area contributed by atoms with Crippen molar-refractivity contribution in [1.82, 2.24) is 10.3 Å². The first kappa shape index (κ1) is 22.6. The molecule has 1 fully saturated rings. The Morgan fingerprint density at radius 1 is 1.03 bits per heavy atom. The molecule has 1 heterocycles. The van der Waals surface area contributed by atoms with E-state index in [-0.39, 0.29) is 22.0 Å². The zero-order valence-electron chi connectivity index (χ0n) is 17.5. The molecule has 0 spiro atoms. The number of rotatable bonds is 6. The second-order valence-electron chi connectivity index (χ2n) is 8.26. The highest BCUT2D eigenvalue weighted by Gasteiger charge is 2.24. The lowest BCUT2D eigenvalue weighted by atomic mass is 9.86. The Bertz CT molecular complexity index is 1140.